The number of allylic oxidation sites excluding steroid dienone is 4. The Morgan fingerprint density at radius 3 is 1.62 bits per heavy atom. The molecule has 0 atom stereocenters. The van der Waals surface area contributed by atoms with Crippen LogP contribution in [-0.2, 0) is 48.9 Å². The maximum Gasteiger partial charge on any atom is 2.00 e. The van der Waals surface area contributed by atoms with Crippen LogP contribution in [0.1, 0.15) is 86.9 Å². The number of benzene rings is 4. The molecule has 4 aromatic rings. The van der Waals surface area contributed by atoms with Crippen LogP contribution in [0, 0.1) is 0 Å². The Balaban J connectivity index is 0.00000161. The average Bonchev–Trinajstić information content (AvgIpc) is 3.58. The number of rotatable bonds is 4. The molecule has 0 bridgehead atoms. The average molecular weight is 671 g/mol. The largest absolute Gasteiger partial charge is 2.00 e. The molecule has 0 amide bonds. The van der Waals surface area contributed by atoms with Crippen LogP contribution in [0.5, 0.6) is 0 Å². The molecule has 0 nitrogen and oxygen atoms in total. The molecule has 0 N–H and O–H groups in total. The summed E-state index contributed by atoms with van der Waals surface area (Å²) in [6.07, 6.45) is 8.86. The first kappa shape index (κ1) is 34.3. The van der Waals surface area contributed by atoms with Crippen LogP contribution in [0.2, 0.25) is 0 Å². The second-order valence-electron chi connectivity index (χ2n) is 13.4. The van der Waals surface area contributed by atoms with E-state index < -0.39 is 0 Å². The van der Waals surface area contributed by atoms with Gasteiger partial charge in [0.05, 0.1) is 5.41 Å². The predicted molar refractivity (Wildman–Crippen MR) is 167 cm³/mol. The fourth-order valence-corrected chi connectivity index (χ4v) is 6.63. The first-order valence-corrected chi connectivity index (χ1v) is 14.4. The molecule has 214 valence electrons. The zero-order chi connectivity index (χ0) is 27.4. The van der Waals surface area contributed by atoms with Crippen LogP contribution in [0.15, 0.2) is 115 Å². The summed E-state index contributed by atoms with van der Waals surface area (Å²) in [5.41, 5.74) is 13.9. The Bertz CT molecular complexity index is 1560. The quantitative estimate of drug-likeness (QED) is 0.253. The number of hydrogen-bond donors (Lipinski definition) is 0. The van der Waals surface area contributed by atoms with Gasteiger partial charge >= 0.3 is 26.2 Å². The predicted octanol–water partition coefficient (Wildman–Crippen LogP) is 4.08. The van der Waals surface area contributed by atoms with Crippen molar-refractivity contribution in [3.63, 3.8) is 0 Å². The first-order chi connectivity index (χ1) is 18.6. The van der Waals surface area contributed by atoms with Gasteiger partial charge in [-0.1, -0.05) is 151 Å². The van der Waals surface area contributed by atoms with Gasteiger partial charge in [0.15, 0.2) is 0 Å². The van der Waals surface area contributed by atoms with E-state index in [1.807, 2.05) is 0 Å². The van der Waals surface area contributed by atoms with Crippen molar-refractivity contribution in [3.05, 3.63) is 154 Å². The van der Waals surface area contributed by atoms with E-state index in [4.69, 9.17) is 0 Å². The zero-order valence-corrected chi connectivity index (χ0v) is 29.5. The van der Waals surface area contributed by atoms with Gasteiger partial charge in [0.2, 0.25) is 0 Å². The molecule has 0 fully saturated rings. The molecule has 0 saturated carbocycles. The summed E-state index contributed by atoms with van der Waals surface area (Å²) in [5.74, 6) is 0. The van der Waals surface area contributed by atoms with Gasteiger partial charge in [0.1, 0.15) is 0 Å². The van der Waals surface area contributed by atoms with Gasteiger partial charge in [-0.3, -0.25) is 0 Å². The minimum Gasteiger partial charge on any atom is -1.00 e. The van der Waals surface area contributed by atoms with E-state index in [1.165, 1.54) is 55.6 Å². The Morgan fingerprint density at radius 1 is 0.571 bits per heavy atom. The van der Waals surface area contributed by atoms with Gasteiger partial charge in [-0.25, -0.2) is 0 Å². The molecule has 42 heavy (non-hydrogen) atoms. The molecule has 0 heterocycles. The molecule has 4 aromatic carbocycles. The molecule has 6 rings (SSSR count). The van der Waals surface area contributed by atoms with Crippen molar-refractivity contribution in [2.75, 3.05) is 0 Å². The van der Waals surface area contributed by atoms with Crippen LogP contribution >= 0.6 is 0 Å². The van der Waals surface area contributed by atoms with Crippen LogP contribution in [-0.4, -0.2) is 0 Å². The van der Waals surface area contributed by atoms with E-state index >= 15 is 0 Å². The first-order valence-electron chi connectivity index (χ1n) is 14.4. The van der Waals surface area contributed by atoms with Gasteiger partial charge in [-0.05, 0) is 79.3 Å². The number of hydrogen-bond acceptors (Lipinski definition) is 0. The van der Waals surface area contributed by atoms with E-state index in [1.54, 1.807) is 0 Å². The monoisotopic (exact) mass is 668 g/mol. The molecule has 2 aliphatic carbocycles. The maximum absolute atomic E-state index is 2.55. The van der Waals surface area contributed by atoms with Crippen molar-refractivity contribution in [1.82, 2.24) is 0 Å². The fraction of sp³-hybridized carbons (Fsp3) is 0.282. The Morgan fingerprint density at radius 2 is 1.12 bits per heavy atom. The number of fused-ring (bicyclic) bond motifs is 3. The van der Waals surface area contributed by atoms with Crippen LogP contribution in [0.3, 0.4) is 0 Å². The van der Waals surface area contributed by atoms with Crippen LogP contribution < -0.4 is 24.8 Å². The Labute approximate surface area is 284 Å². The van der Waals surface area contributed by atoms with Gasteiger partial charge in [-0.15, -0.1) is 0 Å². The van der Waals surface area contributed by atoms with Crippen molar-refractivity contribution in [1.29, 1.82) is 0 Å². The third kappa shape index (κ3) is 5.83. The van der Waals surface area contributed by atoms with Crippen LogP contribution in [0.4, 0.5) is 0 Å². The Kier molecular flexibility index (Phi) is 10.5. The van der Waals surface area contributed by atoms with E-state index in [-0.39, 0.29) is 67.3 Å². The molecule has 0 unspecified atom stereocenters. The summed E-state index contributed by atoms with van der Waals surface area (Å²) in [5, 5.41) is 0. The van der Waals surface area contributed by atoms with E-state index in [0.29, 0.717) is 0 Å². The third-order valence-electron chi connectivity index (χ3n) is 8.82. The summed E-state index contributed by atoms with van der Waals surface area (Å²) in [6, 6.07) is 34.7. The van der Waals surface area contributed by atoms with Gasteiger partial charge in [0, 0.05) is 0 Å². The molecule has 0 spiro atoms. The van der Waals surface area contributed by atoms with E-state index in [0.717, 1.165) is 12.8 Å². The SMILES string of the molecule is CC(C)(C)c1ccc2c(c1)-c1cc(C(C)(C)C)cc(C(C3=CC=CC3)(c3ccccc3)c3ccccc3)c1C2.[Cl-].[Cl-].[Zr+2]. The molecule has 0 saturated heterocycles. The topological polar surface area (TPSA) is 0 Å². The normalized spacial score (nSPS) is 13.7. The second-order valence-corrected chi connectivity index (χ2v) is 13.4. The van der Waals surface area contributed by atoms with E-state index in [9.17, 15) is 0 Å². The second kappa shape index (κ2) is 12.8. The third-order valence-corrected chi connectivity index (χ3v) is 8.82. The summed E-state index contributed by atoms with van der Waals surface area (Å²) in [7, 11) is 0. The van der Waals surface area contributed by atoms with Crippen LogP contribution in [0.25, 0.3) is 11.1 Å². The summed E-state index contributed by atoms with van der Waals surface area (Å²) < 4.78 is 0. The summed E-state index contributed by atoms with van der Waals surface area (Å²) in [6.45, 7) is 14.0. The maximum atomic E-state index is 2.55. The molecular formula is C39H40Cl2Zr. The molecule has 2 aliphatic rings. The fourth-order valence-electron chi connectivity index (χ4n) is 6.63. The molecule has 0 aromatic heterocycles. The van der Waals surface area contributed by atoms with Gasteiger partial charge < -0.3 is 24.8 Å². The zero-order valence-electron chi connectivity index (χ0n) is 25.6. The van der Waals surface area contributed by atoms with Crippen molar-refractivity contribution >= 4 is 0 Å². The Hall–Kier alpha value is -2.18. The van der Waals surface area contributed by atoms with Crippen molar-refractivity contribution in [2.24, 2.45) is 0 Å². The van der Waals surface area contributed by atoms with Crippen molar-refractivity contribution in [3.8, 4) is 11.1 Å². The standard InChI is InChI=1S/C39H40.2ClH.Zr/c1-37(2,3)31-22-21-27-23-35-34(33(27)24-31)25-32(38(4,5)6)26-36(35)39(30-19-13-14-20-30,28-15-9-7-10-16-28)29-17-11-8-12-18-29;;;/h7-19,21-22,24-26H,20,23H2,1-6H3;2*1H;/q;;;+2/p-2. The van der Waals surface area contributed by atoms with E-state index in [2.05, 4.69) is 151 Å². The van der Waals surface area contributed by atoms with Gasteiger partial charge in [-0.2, -0.15) is 0 Å². The number of halogens is 2. The molecule has 3 heteroatoms. The molecule has 0 radical (unpaired) electrons. The van der Waals surface area contributed by atoms with Crippen molar-refractivity contribution < 1.29 is 51.0 Å². The minimum absolute atomic E-state index is 0. The smallest absolute Gasteiger partial charge is 1.00 e. The molecule has 0 aliphatic heterocycles. The molecular weight excluding hydrogens is 631 g/mol. The van der Waals surface area contributed by atoms with Crippen molar-refractivity contribution in [2.45, 2.75) is 70.6 Å². The van der Waals surface area contributed by atoms with Gasteiger partial charge in [0.25, 0.3) is 0 Å². The minimum atomic E-state index is -0.369. The summed E-state index contributed by atoms with van der Waals surface area (Å²) >= 11 is 0. The summed E-state index contributed by atoms with van der Waals surface area (Å²) in [4.78, 5) is 0.